The van der Waals surface area contributed by atoms with Gasteiger partial charge in [-0.05, 0) is 18.2 Å². The summed E-state index contributed by atoms with van der Waals surface area (Å²) in [5, 5.41) is 2.78. The second-order valence-corrected chi connectivity index (χ2v) is 4.36. The van der Waals surface area contributed by atoms with Crippen molar-refractivity contribution in [3.05, 3.63) is 23.8 Å². The lowest BCUT2D eigenvalue weighted by Gasteiger charge is -2.12. The summed E-state index contributed by atoms with van der Waals surface area (Å²) in [5.74, 6) is 0.394. The molecular formula is C12H16N2O2S. The molecule has 0 aliphatic rings. The van der Waals surface area contributed by atoms with Gasteiger partial charge in [-0.3, -0.25) is 4.79 Å². The van der Waals surface area contributed by atoms with Crippen LogP contribution < -0.4 is 15.8 Å². The number of carbonyl (C=O) groups is 1. The van der Waals surface area contributed by atoms with Crippen molar-refractivity contribution in [2.24, 2.45) is 11.7 Å². The van der Waals surface area contributed by atoms with Gasteiger partial charge in [0.1, 0.15) is 10.7 Å². The van der Waals surface area contributed by atoms with E-state index in [4.69, 9.17) is 22.7 Å². The normalized spacial score (nSPS) is 10.1. The first kappa shape index (κ1) is 13.4. The summed E-state index contributed by atoms with van der Waals surface area (Å²) >= 11 is 4.88. The van der Waals surface area contributed by atoms with Crippen molar-refractivity contribution in [2.45, 2.75) is 13.8 Å². The summed E-state index contributed by atoms with van der Waals surface area (Å²) in [4.78, 5) is 11.9. The molecule has 92 valence electrons. The lowest BCUT2D eigenvalue weighted by Crippen LogP contribution is -2.18. The van der Waals surface area contributed by atoms with Gasteiger partial charge in [0, 0.05) is 11.5 Å². The van der Waals surface area contributed by atoms with Gasteiger partial charge in [0.25, 0.3) is 0 Å². The highest BCUT2D eigenvalue weighted by atomic mass is 32.1. The quantitative estimate of drug-likeness (QED) is 0.804. The highest BCUT2D eigenvalue weighted by molar-refractivity contribution is 7.80. The lowest BCUT2D eigenvalue weighted by atomic mass is 10.1. The molecule has 4 nitrogen and oxygen atoms in total. The number of nitrogens with one attached hydrogen (secondary N) is 1. The van der Waals surface area contributed by atoms with Crippen LogP contribution in [0.1, 0.15) is 19.4 Å². The van der Waals surface area contributed by atoms with E-state index in [0.29, 0.717) is 22.0 Å². The van der Waals surface area contributed by atoms with Gasteiger partial charge in [0.2, 0.25) is 5.91 Å². The largest absolute Gasteiger partial charge is 0.495 e. The zero-order valence-electron chi connectivity index (χ0n) is 10.1. The Labute approximate surface area is 106 Å². The van der Waals surface area contributed by atoms with E-state index in [1.165, 1.54) is 7.11 Å². The molecule has 3 N–H and O–H groups in total. The Kier molecular flexibility index (Phi) is 4.45. The van der Waals surface area contributed by atoms with E-state index in [2.05, 4.69) is 5.32 Å². The van der Waals surface area contributed by atoms with Gasteiger partial charge in [0.15, 0.2) is 0 Å². The Balaban J connectivity index is 3.01. The highest BCUT2D eigenvalue weighted by Gasteiger charge is 2.11. The van der Waals surface area contributed by atoms with E-state index in [1.807, 2.05) is 13.8 Å². The average Bonchev–Trinajstić information content (AvgIpc) is 2.28. The van der Waals surface area contributed by atoms with Crippen molar-refractivity contribution in [1.82, 2.24) is 0 Å². The van der Waals surface area contributed by atoms with E-state index in [-0.39, 0.29) is 11.8 Å². The average molecular weight is 252 g/mol. The number of thiocarbonyl (C=S) groups is 1. The van der Waals surface area contributed by atoms with Crippen molar-refractivity contribution in [1.29, 1.82) is 0 Å². The van der Waals surface area contributed by atoms with Crippen LogP contribution in [0.2, 0.25) is 0 Å². The summed E-state index contributed by atoms with van der Waals surface area (Å²) in [5.41, 5.74) is 6.85. The number of methoxy groups -OCH3 is 1. The van der Waals surface area contributed by atoms with Crippen LogP contribution in [0.4, 0.5) is 5.69 Å². The Bertz CT molecular complexity index is 444. The minimum Gasteiger partial charge on any atom is -0.495 e. The van der Waals surface area contributed by atoms with Gasteiger partial charge in [-0.15, -0.1) is 0 Å². The van der Waals surface area contributed by atoms with Gasteiger partial charge in [-0.25, -0.2) is 0 Å². The van der Waals surface area contributed by atoms with E-state index in [0.717, 1.165) is 0 Å². The molecule has 0 aromatic heterocycles. The monoisotopic (exact) mass is 252 g/mol. The van der Waals surface area contributed by atoms with Crippen LogP contribution in [0.3, 0.4) is 0 Å². The third-order valence-corrected chi connectivity index (χ3v) is 2.50. The maximum atomic E-state index is 11.6. The molecule has 17 heavy (non-hydrogen) atoms. The number of amides is 1. The van der Waals surface area contributed by atoms with Crippen LogP contribution in [0.5, 0.6) is 5.75 Å². The molecule has 0 saturated carbocycles. The molecule has 0 saturated heterocycles. The van der Waals surface area contributed by atoms with Crippen molar-refractivity contribution in [3.8, 4) is 5.75 Å². The molecule has 0 spiro atoms. The molecule has 5 heteroatoms. The number of anilines is 1. The molecule has 0 fully saturated rings. The number of benzene rings is 1. The Morgan fingerprint density at radius 3 is 2.59 bits per heavy atom. The fourth-order valence-corrected chi connectivity index (χ4v) is 1.35. The summed E-state index contributed by atoms with van der Waals surface area (Å²) in [6, 6.07) is 5.19. The van der Waals surface area contributed by atoms with Crippen LogP contribution in [-0.2, 0) is 4.79 Å². The van der Waals surface area contributed by atoms with Gasteiger partial charge < -0.3 is 15.8 Å². The summed E-state index contributed by atoms with van der Waals surface area (Å²) in [6.07, 6.45) is 0. The van der Waals surface area contributed by atoms with E-state index in [1.54, 1.807) is 18.2 Å². The summed E-state index contributed by atoms with van der Waals surface area (Å²) < 4.78 is 5.19. The molecule has 0 aliphatic heterocycles. The fraction of sp³-hybridized carbons (Fsp3) is 0.333. The Morgan fingerprint density at radius 2 is 2.12 bits per heavy atom. The predicted molar refractivity (Wildman–Crippen MR) is 72.3 cm³/mol. The van der Waals surface area contributed by atoms with Crippen LogP contribution in [0.25, 0.3) is 0 Å². The van der Waals surface area contributed by atoms with Gasteiger partial charge in [0.05, 0.1) is 12.8 Å². The molecule has 1 rings (SSSR count). The van der Waals surface area contributed by atoms with Gasteiger partial charge in [-0.1, -0.05) is 26.1 Å². The third kappa shape index (κ3) is 3.42. The smallest absolute Gasteiger partial charge is 0.227 e. The topological polar surface area (TPSA) is 64.3 Å². The molecule has 0 radical (unpaired) electrons. The van der Waals surface area contributed by atoms with Gasteiger partial charge in [-0.2, -0.15) is 0 Å². The fourth-order valence-electron chi connectivity index (χ4n) is 1.22. The lowest BCUT2D eigenvalue weighted by molar-refractivity contribution is -0.118. The number of hydrogen-bond acceptors (Lipinski definition) is 3. The van der Waals surface area contributed by atoms with Crippen LogP contribution in [0.15, 0.2) is 18.2 Å². The first-order chi connectivity index (χ1) is 7.95. The molecule has 0 bridgehead atoms. The van der Waals surface area contributed by atoms with Crippen LogP contribution >= 0.6 is 12.2 Å². The molecule has 1 amide bonds. The van der Waals surface area contributed by atoms with E-state index < -0.39 is 0 Å². The Morgan fingerprint density at radius 1 is 1.47 bits per heavy atom. The number of nitrogens with two attached hydrogens (primary N) is 1. The third-order valence-electron chi connectivity index (χ3n) is 2.27. The number of carbonyl (C=O) groups excluding carboxylic acids is 1. The summed E-state index contributed by atoms with van der Waals surface area (Å²) in [6.45, 7) is 3.65. The minimum atomic E-state index is -0.0880. The first-order valence-electron chi connectivity index (χ1n) is 5.24. The maximum Gasteiger partial charge on any atom is 0.227 e. The molecular weight excluding hydrogens is 236 g/mol. The molecule has 1 aromatic carbocycles. The van der Waals surface area contributed by atoms with E-state index >= 15 is 0 Å². The summed E-state index contributed by atoms with van der Waals surface area (Å²) in [7, 11) is 1.53. The zero-order chi connectivity index (χ0) is 13.0. The SMILES string of the molecule is COc1cc(C(N)=S)ccc1NC(=O)C(C)C. The predicted octanol–water partition coefficient (Wildman–Crippen LogP) is 1.92. The van der Waals surface area contributed by atoms with Crippen molar-refractivity contribution in [3.63, 3.8) is 0 Å². The second kappa shape index (κ2) is 5.63. The molecule has 0 heterocycles. The maximum absolute atomic E-state index is 11.6. The van der Waals surface area contributed by atoms with Crippen molar-refractivity contribution in [2.75, 3.05) is 12.4 Å². The molecule has 0 atom stereocenters. The number of hydrogen-bond donors (Lipinski definition) is 2. The Hall–Kier alpha value is -1.62. The zero-order valence-corrected chi connectivity index (χ0v) is 10.9. The minimum absolute atomic E-state index is 0.0635. The highest BCUT2D eigenvalue weighted by Crippen LogP contribution is 2.26. The molecule has 0 aliphatic carbocycles. The standard InChI is InChI=1S/C12H16N2O2S/c1-7(2)12(15)14-9-5-4-8(11(13)17)6-10(9)16-3/h4-7H,1-3H3,(H2,13,17)(H,14,15). The molecule has 0 unspecified atom stereocenters. The number of rotatable bonds is 4. The van der Waals surface area contributed by atoms with Crippen molar-refractivity contribution >= 4 is 28.8 Å². The van der Waals surface area contributed by atoms with Gasteiger partial charge >= 0.3 is 0 Å². The first-order valence-corrected chi connectivity index (χ1v) is 5.65. The second-order valence-electron chi connectivity index (χ2n) is 3.92. The van der Waals surface area contributed by atoms with Crippen LogP contribution in [-0.4, -0.2) is 18.0 Å². The molecule has 1 aromatic rings. The van der Waals surface area contributed by atoms with E-state index in [9.17, 15) is 4.79 Å². The number of ether oxygens (including phenoxy) is 1. The van der Waals surface area contributed by atoms with Crippen molar-refractivity contribution < 1.29 is 9.53 Å². The van der Waals surface area contributed by atoms with Crippen LogP contribution in [0, 0.1) is 5.92 Å².